The molecule has 3 aliphatic heterocycles. The third-order valence-corrected chi connectivity index (χ3v) is 10.6. The van der Waals surface area contributed by atoms with Crippen LogP contribution in [0.2, 0.25) is 0 Å². The van der Waals surface area contributed by atoms with Crippen LogP contribution in [0.4, 0.5) is 0 Å². The molecular formula is C33H67N3O3Y2-2. The molecule has 3 rings (SSSR count). The Balaban J connectivity index is -0.000000149. The summed E-state index contributed by atoms with van der Waals surface area (Å²) in [4.78, 5) is 40.8. The van der Waals surface area contributed by atoms with Crippen molar-refractivity contribution in [2.45, 2.75) is 159 Å². The van der Waals surface area contributed by atoms with Crippen LogP contribution in [0.15, 0.2) is 0 Å². The van der Waals surface area contributed by atoms with Crippen LogP contribution in [0.5, 0.6) is 0 Å². The standard InChI is InChI=1S/C10H19NO.2C10H18NO.3CH4.2Y/c3*1-7-6-10(4,9(3)12)11(5)8(7)2;;;;;/h7-8H,6H2,1-5H3;2*8H,6H2,1-5H3;3*1H4;;/q;2*-1;;;;;/t7-,8-,10-;2*8-,10-;;;;;/m000...../s1. The van der Waals surface area contributed by atoms with Gasteiger partial charge in [0.1, 0.15) is 17.3 Å². The van der Waals surface area contributed by atoms with Gasteiger partial charge in [0.15, 0.2) is 0 Å². The number of carbonyl (C=O) groups is 3. The van der Waals surface area contributed by atoms with Crippen molar-refractivity contribution in [1.29, 1.82) is 0 Å². The fourth-order valence-electron chi connectivity index (χ4n) is 6.06. The van der Waals surface area contributed by atoms with Gasteiger partial charge in [0.05, 0.1) is 5.54 Å². The van der Waals surface area contributed by atoms with Crippen molar-refractivity contribution >= 4 is 17.3 Å². The molecule has 3 saturated heterocycles. The summed E-state index contributed by atoms with van der Waals surface area (Å²) in [6.07, 6.45) is 2.83. The van der Waals surface area contributed by atoms with E-state index in [-0.39, 0.29) is 116 Å². The first-order valence-corrected chi connectivity index (χ1v) is 13.5. The quantitative estimate of drug-likeness (QED) is 0.295. The molecule has 0 aromatic heterocycles. The average Bonchev–Trinajstić information content (AvgIpc) is 3.22. The van der Waals surface area contributed by atoms with Gasteiger partial charge in [0.25, 0.3) is 0 Å². The van der Waals surface area contributed by atoms with E-state index in [2.05, 4.69) is 70.2 Å². The van der Waals surface area contributed by atoms with Crippen molar-refractivity contribution in [3.05, 3.63) is 11.8 Å². The molecule has 7 atom stereocenters. The molecular weight excluding hydrogens is 664 g/mol. The van der Waals surface area contributed by atoms with Gasteiger partial charge in [-0.1, -0.05) is 43.1 Å². The molecule has 240 valence electrons. The average molecular weight is 732 g/mol. The molecule has 0 saturated carbocycles. The third-order valence-electron chi connectivity index (χ3n) is 10.6. The summed E-state index contributed by atoms with van der Waals surface area (Å²) in [6, 6.07) is 1.41. The Hall–Kier alpha value is 1.10. The van der Waals surface area contributed by atoms with Crippen molar-refractivity contribution in [3.63, 3.8) is 0 Å². The van der Waals surface area contributed by atoms with E-state index in [0.717, 1.165) is 19.3 Å². The Bertz CT molecular complexity index is 723. The predicted octanol–water partition coefficient (Wildman–Crippen LogP) is 6.90. The third kappa shape index (κ3) is 10.8. The number of hydrogen-bond donors (Lipinski definition) is 0. The number of hydrogen-bond acceptors (Lipinski definition) is 6. The van der Waals surface area contributed by atoms with Gasteiger partial charge in [-0.2, -0.15) is 26.7 Å². The normalized spacial score (nSPS) is 35.5. The minimum atomic E-state index is -0.247. The Morgan fingerprint density at radius 1 is 0.610 bits per heavy atom. The van der Waals surface area contributed by atoms with Crippen LogP contribution in [0, 0.1) is 17.8 Å². The Kier molecular flexibility index (Phi) is 24.7. The molecule has 3 aliphatic rings. The van der Waals surface area contributed by atoms with Gasteiger partial charge in [-0.05, 0) is 81.9 Å². The summed E-state index contributed by atoms with van der Waals surface area (Å²) in [5.41, 5.74) is -0.703. The molecule has 3 fully saturated rings. The van der Waals surface area contributed by atoms with Crippen LogP contribution in [-0.4, -0.2) is 87.9 Å². The fourth-order valence-corrected chi connectivity index (χ4v) is 6.06. The summed E-state index contributed by atoms with van der Waals surface area (Å²) in [5.74, 6) is 4.29. The zero-order valence-corrected chi connectivity index (χ0v) is 32.8. The molecule has 0 aliphatic carbocycles. The summed E-state index contributed by atoms with van der Waals surface area (Å²) in [6.45, 7) is 24.2. The van der Waals surface area contributed by atoms with E-state index in [1.165, 1.54) is 11.8 Å². The second kappa shape index (κ2) is 19.6. The number of Topliss-reactive ketones (excluding diaryl/α,β-unsaturated/α-hetero) is 3. The van der Waals surface area contributed by atoms with Crippen LogP contribution < -0.4 is 0 Å². The maximum Gasteiger partial charge on any atom is 0.149 e. The van der Waals surface area contributed by atoms with Crippen molar-refractivity contribution in [3.8, 4) is 0 Å². The van der Waals surface area contributed by atoms with Crippen molar-refractivity contribution in [1.82, 2.24) is 14.7 Å². The Morgan fingerprint density at radius 3 is 0.976 bits per heavy atom. The van der Waals surface area contributed by atoms with Crippen LogP contribution in [0.1, 0.15) is 125 Å². The zero-order chi connectivity index (χ0) is 28.5. The van der Waals surface area contributed by atoms with E-state index in [9.17, 15) is 14.4 Å². The summed E-state index contributed by atoms with van der Waals surface area (Å²) >= 11 is 0. The summed E-state index contributed by atoms with van der Waals surface area (Å²) in [7, 11) is 6.11. The Morgan fingerprint density at radius 2 is 0.878 bits per heavy atom. The maximum atomic E-state index is 11.4. The van der Waals surface area contributed by atoms with E-state index in [1.54, 1.807) is 20.8 Å². The van der Waals surface area contributed by atoms with Gasteiger partial charge in [-0.15, -0.1) is 12.1 Å². The molecule has 8 heteroatoms. The number of rotatable bonds is 3. The summed E-state index contributed by atoms with van der Waals surface area (Å²) in [5, 5.41) is 0. The van der Waals surface area contributed by atoms with Crippen molar-refractivity contribution in [2.75, 3.05) is 21.1 Å². The molecule has 41 heavy (non-hydrogen) atoms. The monoisotopic (exact) mass is 731 g/mol. The van der Waals surface area contributed by atoms with E-state index in [0.29, 0.717) is 29.8 Å². The van der Waals surface area contributed by atoms with Crippen LogP contribution in [0.25, 0.3) is 0 Å². The number of carbonyl (C=O) groups excluding carboxylic acids is 3. The first-order valence-electron chi connectivity index (χ1n) is 13.5. The molecule has 0 unspecified atom stereocenters. The smallest absolute Gasteiger partial charge is 0.149 e. The van der Waals surface area contributed by atoms with Gasteiger partial charge < -0.3 is 9.80 Å². The largest absolute Gasteiger partial charge is 0.323 e. The van der Waals surface area contributed by atoms with Crippen molar-refractivity contribution in [2.24, 2.45) is 5.92 Å². The Labute approximate surface area is 307 Å². The predicted molar refractivity (Wildman–Crippen MR) is 170 cm³/mol. The van der Waals surface area contributed by atoms with Gasteiger partial charge >= 0.3 is 0 Å². The number of nitrogens with zero attached hydrogens (tertiary/aromatic N) is 3. The molecule has 2 radical (unpaired) electrons. The fraction of sp³-hybridized carbons (Fsp3) is 0.848. The molecule has 0 spiro atoms. The molecule has 0 N–H and O–H groups in total. The van der Waals surface area contributed by atoms with E-state index in [4.69, 9.17) is 0 Å². The van der Waals surface area contributed by atoms with Crippen LogP contribution in [-0.2, 0) is 79.8 Å². The molecule has 0 aromatic rings. The number of likely N-dealkylation sites (N-methyl/N-ethyl adjacent to an activating group) is 3. The molecule has 0 aromatic carbocycles. The van der Waals surface area contributed by atoms with Crippen LogP contribution in [0.3, 0.4) is 0 Å². The molecule has 6 nitrogen and oxygen atoms in total. The number of likely N-dealkylation sites (tertiary alicyclic amines) is 3. The molecule has 0 amide bonds. The van der Waals surface area contributed by atoms with Gasteiger partial charge in [-0.25, -0.2) is 0 Å². The van der Waals surface area contributed by atoms with Crippen LogP contribution >= 0.6 is 0 Å². The molecule has 3 heterocycles. The van der Waals surface area contributed by atoms with Gasteiger partial charge in [0.2, 0.25) is 0 Å². The minimum Gasteiger partial charge on any atom is -0.323 e. The zero-order valence-electron chi connectivity index (χ0n) is 27.2. The first-order chi connectivity index (χ1) is 16.2. The minimum absolute atomic E-state index is 0. The van der Waals surface area contributed by atoms with Gasteiger partial charge in [0, 0.05) is 82.5 Å². The van der Waals surface area contributed by atoms with Gasteiger partial charge in [-0.3, -0.25) is 31.1 Å². The number of ketones is 3. The van der Waals surface area contributed by atoms with E-state index >= 15 is 0 Å². The second-order valence-electron chi connectivity index (χ2n) is 12.6. The SMILES string of the molecule is C.C.C.CC(=O)[C@]1(C)C[C-](C)[C@H](C)N1C.CC(=O)[C@]1(C)C[C-](C)[C@H](C)N1C.CC(=O)[C@]1(C)C[C@H](C)[C@H](C)N1C.[Y].[Y]. The first kappa shape index (κ1) is 51.7. The molecule has 0 bridgehead atoms. The second-order valence-corrected chi connectivity index (χ2v) is 12.6. The maximum absolute atomic E-state index is 11.4. The van der Waals surface area contributed by atoms with E-state index < -0.39 is 0 Å². The van der Waals surface area contributed by atoms with Crippen molar-refractivity contribution < 1.29 is 79.8 Å². The van der Waals surface area contributed by atoms with E-state index in [1.807, 2.05) is 27.9 Å². The topological polar surface area (TPSA) is 60.9 Å². The summed E-state index contributed by atoms with van der Waals surface area (Å²) < 4.78 is 0.